The van der Waals surface area contributed by atoms with Crippen molar-refractivity contribution in [3.05, 3.63) is 36.2 Å². The summed E-state index contributed by atoms with van der Waals surface area (Å²) in [6, 6.07) is 8.02. The first-order valence-corrected chi connectivity index (χ1v) is 5.38. The molecule has 2 rings (SSSR count). The largest absolute Gasteiger partial charge is 0.495 e. The number of nitrogens with one attached hydrogen (secondary N) is 1. The highest BCUT2D eigenvalue weighted by atomic mass is 16.5. The molecule has 0 unspecified atom stereocenters. The number of benzene rings is 1. The van der Waals surface area contributed by atoms with Gasteiger partial charge in [-0.3, -0.25) is 0 Å². The van der Waals surface area contributed by atoms with Crippen LogP contribution in [0.2, 0.25) is 0 Å². The average molecular weight is 233 g/mol. The lowest BCUT2D eigenvalue weighted by atomic mass is 10.3. The molecule has 0 aliphatic carbocycles. The molecule has 5 heteroatoms. The van der Waals surface area contributed by atoms with Crippen molar-refractivity contribution in [2.75, 3.05) is 19.0 Å². The van der Waals surface area contributed by atoms with Crippen LogP contribution in [-0.2, 0) is 6.42 Å². The van der Waals surface area contributed by atoms with Crippen LogP contribution in [0.1, 0.15) is 5.69 Å². The van der Waals surface area contributed by atoms with Crippen molar-refractivity contribution < 1.29 is 9.15 Å². The molecule has 2 aromatic rings. The Kier molecular flexibility index (Phi) is 3.62. The second-order valence-corrected chi connectivity index (χ2v) is 3.51. The van der Waals surface area contributed by atoms with Gasteiger partial charge < -0.3 is 20.2 Å². The number of oxazole rings is 1. The Bertz CT molecular complexity index is 482. The molecule has 0 aliphatic rings. The first-order chi connectivity index (χ1) is 8.33. The summed E-state index contributed by atoms with van der Waals surface area (Å²) in [6.45, 7) is 0.556. The molecular formula is C12H15N3O2. The van der Waals surface area contributed by atoms with Crippen molar-refractivity contribution >= 4 is 11.7 Å². The zero-order chi connectivity index (χ0) is 12.1. The third-order valence-electron chi connectivity index (χ3n) is 2.30. The Balaban J connectivity index is 2.13. The first kappa shape index (κ1) is 11.5. The van der Waals surface area contributed by atoms with Gasteiger partial charge in [-0.2, -0.15) is 4.98 Å². The number of methoxy groups -OCH3 is 1. The molecule has 1 aromatic heterocycles. The molecular weight excluding hydrogens is 218 g/mol. The number of anilines is 2. The number of ether oxygens (including phenoxy) is 1. The van der Waals surface area contributed by atoms with Crippen LogP contribution in [-0.4, -0.2) is 18.6 Å². The first-order valence-electron chi connectivity index (χ1n) is 5.38. The van der Waals surface area contributed by atoms with E-state index in [2.05, 4.69) is 10.3 Å². The summed E-state index contributed by atoms with van der Waals surface area (Å²) in [5.41, 5.74) is 7.10. The average Bonchev–Trinajstić information content (AvgIpc) is 2.78. The van der Waals surface area contributed by atoms with E-state index in [0.29, 0.717) is 19.0 Å². The van der Waals surface area contributed by atoms with Gasteiger partial charge in [-0.1, -0.05) is 12.1 Å². The molecule has 0 aliphatic heterocycles. The fourth-order valence-corrected chi connectivity index (χ4v) is 1.49. The normalized spacial score (nSPS) is 10.2. The number of hydrogen-bond acceptors (Lipinski definition) is 5. The standard InChI is InChI=1S/C12H15N3O2/c1-16-11-5-3-2-4-10(11)15-12-14-9(6-7-13)8-17-12/h2-5,8H,6-7,13H2,1H3,(H,14,15). The van der Waals surface area contributed by atoms with Crippen LogP contribution >= 0.6 is 0 Å². The van der Waals surface area contributed by atoms with Crippen molar-refractivity contribution in [2.24, 2.45) is 5.73 Å². The molecule has 5 nitrogen and oxygen atoms in total. The van der Waals surface area contributed by atoms with Crippen molar-refractivity contribution in [1.29, 1.82) is 0 Å². The van der Waals surface area contributed by atoms with Crippen molar-refractivity contribution in [3.63, 3.8) is 0 Å². The minimum absolute atomic E-state index is 0.443. The summed E-state index contributed by atoms with van der Waals surface area (Å²) in [5.74, 6) is 0.742. The summed E-state index contributed by atoms with van der Waals surface area (Å²) in [5, 5.41) is 3.06. The van der Waals surface area contributed by atoms with Crippen LogP contribution in [0.3, 0.4) is 0 Å². The predicted molar refractivity (Wildman–Crippen MR) is 65.5 cm³/mol. The lowest BCUT2D eigenvalue weighted by Crippen LogP contribution is -2.03. The topological polar surface area (TPSA) is 73.3 Å². The maximum atomic E-state index is 5.45. The van der Waals surface area contributed by atoms with Gasteiger partial charge in [0.1, 0.15) is 12.0 Å². The number of para-hydroxylation sites is 2. The van der Waals surface area contributed by atoms with E-state index in [9.17, 15) is 0 Å². The number of rotatable bonds is 5. The van der Waals surface area contributed by atoms with Gasteiger partial charge in [0.2, 0.25) is 0 Å². The smallest absolute Gasteiger partial charge is 0.299 e. The Labute approximate surface area is 99.6 Å². The second-order valence-electron chi connectivity index (χ2n) is 3.51. The lowest BCUT2D eigenvalue weighted by Gasteiger charge is -2.07. The number of nitrogens with zero attached hydrogens (tertiary/aromatic N) is 1. The van der Waals surface area contributed by atoms with Crippen LogP contribution in [0.25, 0.3) is 0 Å². The van der Waals surface area contributed by atoms with Gasteiger partial charge in [-0.25, -0.2) is 0 Å². The molecule has 17 heavy (non-hydrogen) atoms. The molecule has 0 fully saturated rings. The minimum Gasteiger partial charge on any atom is -0.495 e. The molecule has 0 radical (unpaired) electrons. The summed E-state index contributed by atoms with van der Waals surface area (Å²) in [7, 11) is 1.62. The highest BCUT2D eigenvalue weighted by Gasteiger charge is 2.06. The summed E-state index contributed by atoms with van der Waals surface area (Å²) in [6.07, 6.45) is 2.31. The number of aromatic nitrogens is 1. The Morgan fingerprint density at radius 3 is 3.00 bits per heavy atom. The monoisotopic (exact) mass is 233 g/mol. The zero-order valence-electron chi connectivity index (χ0n) is 9.64. The van der Waals surface area contributed by atoms with Crippen molar-refractivity contribution in [3.8, 4) is 5.75 Å². The highest BCUT2D eigenvalue weighted by Crippen LogP contribution is 2.26. The Hall–Kier alpha value is -2.01. The van der Waals surface area contributed by atoms with E-state index in [1.54, 1.807) is 13.4 Å². The van der Waals surface area contributed by atoms with E-state index >= 15 is 0 Å². The fourth-order valence-electron chi connectivity index (χ4n) is 1.49. The Morgan fingerprint density at radius 1 is 1.41 bits per heavy atom. The molecule has 0 atom stereocenters. The second kappa shape index (κ2) is 5.36. The third-order valence-corrected chi connectivity index (χ3v) is 2.30. The lowest BCUT2D eigenvalue weighted by molar-refractivity contribution is 0.416. The third kappa shape index (κ3) is 2.76. The van der Waals surface area contributed by atoms with Crippen LogP contribution in [0.4, 0.5) is 11.7 Å². The maximum Gasteiger partial charge on any atom is 0.299 e. The van der Waals surface area contributed by atoms with Gasteiger partial charge in [0.15, 0.2) is 0 Å². The maximum absolute atomic E-state index is 5.45. The van der Waals surface area contributed by atoms with Gasteiger partial charge in [-0.05, 0) is 18.7 Å². The quantitative estimate of drug-likeness (QED) is 0.825. The van der Waals surface area contributed by atoms with Crippen LogP contribution in [0, 0.1) is 0 Å². The van der Waals surface area contributed by atoms with Crippen LogP contribution < -0.4 is 15.8 Å². The van der Waals surface area contributed by atoms with Crippen LogP contribution in [0.15, 0.2) is 34.9 Å². The highest BCUT2D eigenvalue weighted by molar-refractivity contribution is 5.61. The number of hydrogen-bond donors (Lipinski definition) is 2. The van der Waals surface area contributed by atoms with Gasteiger partial charge in [-0.15, -0.1) is 0 Å². The van der Waals surface area contributed by atoms with Crippen molar-refractivity contribution in [1.82, 2.24) is 4.98 Å². The molecule has 90 valence electrons. The SMILES string of the molecule is COc1ccccc1Nc1nc(CCN)co1. The molecule has 1 heterocycles. The summed E-state index contributed by atoms with van der Waals surface area (Å²) >= 11 is 0. The zero-order valence-corrected chi connectivity index (χ0v) is 9.64. The van der Waals surface area contributed by atoms with Gasteiger partial charge in [0.25, 0.3) is 6.01 Å². The van der Waals surface area contributed by atoms with E-state index < -0.39 is 0 Å². The minimum atomic E-state index is 0.443. The summed E-state index contributed by atoms with van der Waals surface area (Å²) < 4.78 is 10.5. The summed E-state index contributed by atoms with van der Waals surface area (Å²) in [4.78, 5) is 4.26. The fraction of sp³-hybridized carbons (Fsp3) is 0.250. The van der Waals surface area contributed by atoms with E-state index in [4.69, 9.17) is 14.9 Å². The molecule has 3 N–H and O–H groups in total. The van der Waals surface area contributed by atoms with E-state index in [0.717, 1.165) is 17.1 Å². The van der Waals surface area contributed by atoms with Gasteiger partial charge in [0, 0.05) is 6.42 Å². The van der Waals surface area contributed by atoms with Crippen LogP contribution in [0.5, 0.6) is 5.75 Å². The number of nitrogens with two attached hydrogens (primary N) is 1. The Morgan fingerprint density at radius 2 is 2.24 bits per heavy atom. The molecule has 0 amide bonds. The van der Waals surface area contributed by atoms with E-state index in [-0.39, 0.29) is 0 Å². The van der Waals surface area contributed by atoms with Gasteiger partial charge in [0.05, 0.1) is 18.5 Å². The molecule has 0 saturated heterocycles. The van der Waals surface area contributed by atoms with Gasteiger partial charge >= 0.3 is 0 Å². The molecule has 0 saturated carbocycles. The molecule has 1 aromatic carbocycles. The predicted octanol–water partition coefficient (Wildman–Crippen LogP) is 1.93. The molecule has 0 spiro atoms. The van der Waals surface area contributed by atoms with Crippen molar-refractivity contribution in [2.45, 2.75) is 6.42 Å². The molecule has 0 bridgehead atoms. The van der Waals surface area contributed by atoms with E-state index in [1.807, 2.05) is 24.3 Å². The van der Waals surface area contributed by atoms with E-state index in [1.165, 1.54) is 0 Å².